The molecule has 144 valence electrons. The van der Waals surface area contributed by atoms with E-state index < -0.39 is 0 Å². The van der Waals surface area contributed by atoms with Gasteiger partial charge in [-0.3, -0.25) is 4.79 Å². The zero-order valence-corrected chi connectivity index (χ0v) is 16.1. The van der Waals surface area contributed by atoms with Gasteiger partial charge in [0.15, 0.2) is 6.61 Å². The number of carbonyl (C=O) groups is 1. The van der Waals surface area contributed by atoms with Crippen LogP contribution in [0.2, 0.25) is 0 Å². The molecule has 1 saturated carbocycles. The Bertz CT molecular complexity index is 721. The van der Waals surface area contributed by atoms with E-state index in [0.717, 1.165) is 41.7 Å². The minimum atomic E-state index is -0.177. The van der Waals surface area contributed by atoms with E-state index in [-0.39, 0.29) is 12.5 Å². The lowest BCUT2D eigenvalue weighted by Crippen LogP contribution is -2.20. The number of ether oxygens (including phenoxy) is 2. The lowest BCUT2D eigenvalue weighted by atomic mass is 9.87. The molecule has 0 spiro atoms. The van der Waals surface area contributed by atoms with Gasteiger partial charge in [0.05, 0.1) is 6.61 Å². The summed E-state index contributed by atoms with van der Waals surface area (Å²) in [5.41, 5.74) is 1.76. The average molecular weight is 367 g/mol. The summed E-state index contributed by atoms with van der Waals surface area (Å²) in [6.07, 6.45) is 7.95. The van der Waals surface area contributed by atoms with Crippen LogP contribution in [0.1, 0.15) is 44.1 Å². The second kappa shape index (κ2) is 10.0. The molecule has 1 fully saturated rings. The zero-order valence-electron chi connectivity index (χ0n) is 16.1. The van der Waals surface area contributed by atoms with Crippen molar-refractivity contribution >= 4 is 11.6 Å². The molecular formula is C23H29NO3. The number of benzene rings is 2. The summed E-state index contributed by atoms with van der Waals surface area (Å²) in [6, 6.07) is 15.2. The average Bonchev–Trinajstić information content (AvgIpc) is 2.69. The first-order valence-electron chi connectivity index (χ1n) is 9.92. The van der Waals surface area contributed by atoms with Crippen molar-refractivity contribution in [2.24, 2.45) is 5.92 Å². The molecule has 0 atom stereocenters. The van der Waals surface area contributed by atoms with Crippen molar-refractivity contribution in [1.82, 2.24) is 0 Å². The minimum Gasteiger partial charge on any atom is -0.494 e. The van der Waals surface area contributed by atoms with Gasteiger partial charge in [-0.25, -0.2) is 0 Å². The van der Waals surface area contributed by atoms with Crippen molar-refractivity contribution in [2.45, 2.75) is 45.4 Å². The van der Waals surface area contributed by atoms with Crippen molar-refractivity contribution in [1.29, 1.82) is 0 Å². The van der Waals surface area contributed by atoms with Gasteiger partial charge in [-0.2, -0.15) is 0 Å². The van der Waals surface area contributed by atoms with Crippen molar-refractivity contribution in [3.05, 3.63) is 54.1 Å². The maximum atomic E-state index is 12.1. The second-order valence-corrected chi connectivity index (χ2v) is 7.27. The highest BCUT2D eigenvalue weighted by Gasteiger charge is 2.13. The SMILES string of the molecule is Cc1ccccc1OCC(=O)Nc1ccc(OCCC2CCCCC2)cc1. The van der Waals surface area contributed by atoms with E-state index in [1.807, 2.05) is 55.5 Å². The van der Waals surface area contributed by atoms with Crippen LogP contribution in [0.5, 0.6) is 11.5 Å². The quantitative estimate of drug-likeness (QED) is 0.683. The molecule has 4 nitrogen and oxygen atoms in total. The van der Waals surface area contributed by atoms with Crippen LogP contribution in [0.25, 0.3) is 0 Å². The maximum absolute atomic E-state index is 12.1. The van der Waals surface area contributed by atoms with Crippen molar-refractivity contribution < 1.29 is 14.3 Å². The minimum absolute atomic E-state index is 0.00943. The molecule has 1 aliphatic carbocycles. The first kappa shape index (κ1) is 19.3. The molecule has 2 aromatic carbocycles. The number of carbonyl (C=O) groups excluding carboxylic acids is 1. The van der Waals surface area contributed by atoms with E-state index in [1.54, 1.807) is 0 Å². The van der Waals surface area contributed by atoms with Crippen molar-refractivity contribution in [3.63, 3.8) is 0 Å². The number of para-hydroxylation sites is 1. The molecule has 1 N–H and O–H groups in total. The molecule has 1 amide bonds. The summed E-state index contributed by atoms with van der Waals surface area (Å²) in [7, 11) is 0. The molecule has 27 heavy (non-hydrogen) atoms. The Labute approximate surface area is 161 Å². The van der Waals surface area contributed by atoms with Crippen LogP contribution in [-0.4, -0.2) is 19.1 Å². The normalized spacial score (nSPS) is 14.6. The van der Waals surface area contributed by atoms with Gasteiger partial charge in [0.25, 0.3) is 5.91 Å². The van der Waals surface area contributed by atoms with Gasteiger partial charge in [0.2, 0.25) is 0 Å². The van der Waals surface area contributed by atoms with Crippen LogP contribution in [-0.2, 0) is 4.79 Å². The van der Waals surface area contributed by atoms with Crippen LogP contribution in [0.4, 0.5) is 5.69 Å². The smallest absolute Gasteiger partial charge is 0.262 e. The highest BCUT2D eigenvalue weighted by molar-refractivity contribution is 5.91. The predicted molar refractivity (Wildman–Crippen MR) is 108 cm³/mol. The molecule has 4 heteroatoms. The van der Waals surface area contributed by atoms with Gasteiger partial charge < -0.3 is 14.8 Å². The summed E-state index contributed by atoms with van der Waals surface area (Å²) < 4.78 is 11.4. The number of aryl methyl sites for hydroxylation is 1. The van der Waals surface area contributed by atoms with E-state index >= 15 is 0 Å². The first-order valence-corrected chi connectivity index (χ1v) is 9.92. The Morgan fingerprint density at radius 3 is 2.48 bits per heavy atom. The Kier molecular flexibility index (Phi) is 7.14. The van der Waals surface area contributed by atoms with Gasteiger partial charge in [-0.15, -0.1) is 0 Å². The van der Waals surface area contributed by atoms with E-state index in [0.29, 0.717) is 0 Å². The van der Waals surface area contributed by atoms with Crippen LogP contribution in [0.15, 0.2) is 48.5 Å². The second-order valence-electron chi connectivity index (χ2n) is 7.27. The zero-order chi connectivity index (χ0) is 18.9. The molecule has 0 unspecified atom stereocenters. The third-order valence-electron chi connectivity index (χ3n) is 5.11. The predicted octanol–water partition coefficient (Wildman–Crippen LogP) is 5.36. The van der Waals surface area contributed by atoms with Crippen LogP contribution < -0.4 is 14.8 Å². The highest BCUT2D eigenvalue weighted by Crippen LogP contribution is 2.26. The van der Waals surface area contributed by atoms with E-state index in [2.05, 4.69) is 5.32 Å². The monoisotopic (exact) mass is 367 g/mol. The Hall–Kier alpha value is -2.49. The number of nitrogens with one attached hydrogen (secondary N) is 1. The van der Waals surface area contributed by atoms with Crippen molar-refractivity contribution in [2.75, 3.05) is 18.5 Å². The van der Waals surface area contributed by atoms with Crippen LogP contribution >= 0.6 is 0 Å². The summed E-state index contributed by atoms with van der Waals surface area (Å²) >= 11 is 0. The van der Waals surface area contributed by atoms with Gasteiger partial charge in [-0.05, 0) is 55.2 Å². The lowest BCUT2D eigenvalue weighted by molar-refractivity contribution is -0.118. The van der Waals surface area contributed by atoms with Gasteiger partial charge in [0.1, 0.15) is 11.5 Å². The first-order chi connectivity index (χ1) is 13.2. The molecule has 0 saturated heterocycles. The van der Waals surface area contributed by atoms with Crippen molar-refractivity contribution in [3.8, 4) is 11.5 Å². The molecule has 0 aromatic heterocycles. The number of amides is 1. The van der Waals surface area contributed by atoms with E-state index in [4.69, 9.17) is 9.47 Å². The largest absolute Gasteiger partial charge is 0.494 e. The van der Waals surface area contributed by atoms with E-state index in [1.165, 1.54) is 32.1 Å². The molecule has 3 rings (SSSR count). The van der Waals surface area contributed by atoms with E-state index in [9.17, 15) is 4.79 Å². The van der Waals surface area contributed by atoms with Gasteiger partial charge in [0, 0.05) is 5.69 Å². The standard InChI is InChI=1S/C23H29NO3/c1-18-7-5-6-10-22(18)27-17-23(25)24-20-11-13-21(14-12-20)26-16-15-19-8-3-2-4-9-19/h5-7,10-14,19H,2-4,8-9,15-17H2,1H3,(H,24,25). The number of hydrogen-bond acceptors (Lipinski definition) is 3. The number of hydrogen-bond donors (Lipinski definition) is 1. The Balaban J connectivity index is 1.39. The third kappa shape index (κ3) is 6.31. The fourth-order valence-electron chi connectivity index (χ4n) is 3.51. The summed E-state index contributed by atoms with van der Waals surface area (Å²) in [5.74, 6) is 2.23. The maximum Gasteiger partial charge on any atom is 0.262 e. The topological polar surface area (TPSA) is 47.6 Å². The molecular weight excluding hydrogens is 338 g/mol. The van der Waals surface area contributed by atoms with Crippen LogP contribution in [0.3, 0.4) is 0 Å². The Morgan fingerprint density at radius 2 is 1.74 bits per heavy atom. The number of anilines is 1. The van der Waals surface area contributed by atoms with Crippen LogP contribution in [0, 0.1) is 12.8 Å². The number of rotatable bonds is 8. The summed E-state index contributed by atoms with van der Waals surface area (Å²) in [4.78, 5) is 12.1. The molecule has 2 aromatic rings. The summed E-state index contributed by atoms with van der Waals surface area (Å²) in [5, 5.41) is 2.85. The fourth-order valence-corrected chi connectivity index (χ4v) is 3.51. The van der Waals surface area contributed by atoms with Gasteiger partial charge in [-0.1, -0.05) is 50.3 Å². The molecule has 0 aliphatic heterocycles. The lowest BCUT2D eigenvalue weighted by Gasteiger charge is -2.21. The fraction of sp³-hybridized carbons (Fsp3) is 0.435. The molecule has 0 heterocycles. The third-order valence-corrected chi connectivity index (χ3v) is 5.11. The molecule has 0 radical (unpaired) electrons. The summed E-state index contributed by atoms with van der Waals surface area (Å²) in [6.45, 7) is 2.71. The highest BCUT2D eigenvalue weighted by atomic mass is 16.5. The van der Waals surface area contributed by atoms with Gasteiger partial charge >= 0.3 is 0 Å². The molecule has 1 aliphatic rings. The molecule has 0 bridgehead atoms. The Morgan fingerprint density at radius 1 is 1.00 bits per heavy atom.